The third-order valence-electron chi connectivity index (χ3n) is 6.25. The molecule has 8 heteroatoms. The average Bonchev–Trinajstić information content (AvgIpc) is 2.93. The second-order valence-electron chi connectivity index (χ2n) is 10.6. The van der Waals surface area contributed by atoms with Crippen molar-refractivity contribution in [1.82, 2.24) is 10.2 Å². The molecule has 2 N–H and O–H groups in total. The standard InChI is InChI=1S/C33H39N3O4S/c1-7-19-36(31(38)28(18-20-41-6)35-32(39)40-33(3,4)5)29(26-15-11-12-23(8-2)21-26)30(37)34-27-17-16-24-13-9-10-14-25(24)22-27/h7-17,21-22,28-29H,1-2,18-20H2,3-6H3,(H,34,37)(H,35,39). The predicted molar refractivity (Wildman–Crippen MR) is 170 cm³/mol. The fraction of sp³-hybridized carbons (Fsp3) is 0.303. The SMILES string of the molecule is C=CCN(C(=O)C(CCSC)NC(=O)OC(C)(C)C)C(C(=O)Nc1ccc2ccccc2c1)c1cccc(C=C)c1. The van der Waals surface area contributed by atoms with Crippen molar-refractivity contribution in [1.29, 1.82) is 0 Å². The number of nitrogens with one attached hydrogen (secondary N) is 2. The third-order valence-corrected chi connectivity index (χ3v) is 6.89. The van der Waals surface area contributed by atoms with Crippen LogP contribution in [0.15, 0.2) is 86.0 Å². The second-order valence-corrected chi connectivity index (χ2v) is 11.6. The molecule has 0 heterocycles. The molecule has 0 aliphatic carbocycles. The predicted octanol–water partition coefficient (Wildman–Crippen LogP) is 6.82. The molecule has 3 aromatic rings. The maximum Gasteiger partial charge on any atom is 0.408 e. The van der Waals surface area contributed by atoms with Crippen LogP contribution in [-0.2, 0) is 14.3 Å². The number of benzene rings is 3. The molecule has 2 atom stereocenters. The summed E-state index contributed by atoms with van der Waals surface area (Å²) >= 11 is 1.56. The molecule has 0 fully saturated rings. The molecule has 2 unspecified atom stereocenters. The van der Waals surface area contributed by atoms with E-state index in [1.165, 1.54) is 4.90 Å². The fourth-order valence-electron chi connectivity index (χ4n) is 4.41. The summed E-state index contributed by atoms with van der Waals surface area (Å²) in [6, 6.07) is 19.0. The minimum Gasteiger partial charge on any atom is -0.444 e. The molecule has 0 aromatic heterocycles. The lowest BCUT2D eigenvalue weighted by atomic mass is 9.99. The molecule has 3 rings (SSSR count). The quantitative estimate of drug-likeness (QED) is 0.232. The Morgan fingerprint density at radius 1 is 1.00 bits per heavy atom. The molecular weight excluding hydrogens is 534 g/mol. The van der Waals surface area contributed by atoms with Crippen LogP contribution in [0.1, 0.15) is 44.4 Å². The molecule has 0 bridgehead atoms. The number of anilines is 1. The number of nitrogens with zero attached hydrogens (tertiary/aromatic N) is 1. The van der Waals surface area contributed by atoms with Gasteiger partial charge < -0.3 is 20.3 Å². The van der Waals surface area contributed by atoms with Gasteiger partial charge in [-0.25, -0.2) is 4.79 Å². The summed E-state index contributed by atoms with van der Waals surface area (Å²) in [5.74, 6) is -0.182. The number of hydrogen-bond acceptors (Lipinski definition) is 5. The van der Waals surface area contributed by atoms with Crippen LogP contribution >= 0.6 is 11.8 Å². The minimum absolute atomic E-state index is 0.0821. The van der Waals surface area contributed by atoms with Crippen molar-refractivity contribution in [3.05, 3.63) is 97.1 Å². The number of fused-ring (bicyclic) bond motifs is 1. The smallest absolute Gasteiger partial charge is 0.408 e. The van der Waals surface area contributed by atoms with Gasteiger partial charge in [0.05, 0.1) is 0 Å². The summed E-state index contributed by atoms with van der Waals surface area (Å²) in [4.78, 5) is 42.3. The molecule has 0 spiro atoms. The van der Waals surface area contributed by atoms with Gasteiger partial charge in [-0.15, -0.1) is 6.58 Å². The Hall–Kier alpha value is -4.04. The maximum absolute atomic E-state index is 14.1. The highest BCUT2D eigenvalue weighted by atomic mass is 32.2. The normalized spacial score (nSPS) is 12.6. The van der Waals surface area contributed by atoms with E-state index >= 15 is 0 Å². The van der Waals surface area contributed by atoms with Crippen molar-refractivity contribution in [2.45, 2.75) is 44.9 Å². The van der Waals surface area contributed by atoms with Crippen molar-refractivity contribution < 1.29 is 19.1 Å². The molecule has 0 saturated carbocycles. The summed E-state index contributed by atoms with van der Waals surface area (Å²) in [5, 5.41) is 7.78. The van der Waals surface area contributed by atoms with Crippen LogP contribution in [0.4, 0.5) is 10.5 Å². The maximum atomic E-state index is 14.1. The lowest BCUT2D eigenvalue weighted by Gasteiger charge is -2.34. The number of rotatable bonds is 12. The van der Waals surface area contributed by atoms with Gasteiger partial charge in [0.2, 0.25) is 5.91 Å². The first-order valence-electron chi connectivity index (χ1n) is 13.5. The summed E-state index contributed by atoms with van der Waals surface area (Å²) in [7, 11) is 0. The van der Waals surface area contributed by atoms with E-state index in [9.17, 15) is 14.4 Å². The monoisotopic (exact) mass is 573 g/mol. The Balaban J connectivity index is 2.02. The number of thioether (sulfide) groups is 1. The Morgan fingerprint density at radius 2 is 1.73 bits per heavy atom. The molecule has 3 aromatic carbocycles. The van der Waals surface area contributed by atoms with Gasteiger partial charge in [0.15, 0.2) is 0 Å². The van der Waals surface area contributed by atoms with E-state index in [-0.39, 0.29) is 6.54 Å². The van der Waals surface area contributed by atoms with Crippen molar-refractivity contribution in [2.24, 2.45) is 0 Å². The van der Waals surface area contributed by atoms with Gasteiger partial charge in [-0.05, 0) is 79.3 Å². The van der Waals surface area contributed by atoms with Gasteiger partial charge in [0, 0.05) is 12.2 Å². The fourth-order valence-corrected chi connectivity index (χ4v) is 4.88. The van der Waals surface area contributed by atoms with Crippen molar-refractivity contribution in [2.75, 3.05) is 23.9 Å². The zero-order chi connectivity index (χ0) is 30.0. The number of ether oxygens (including phenoxy) is 1. The van der Waals surface area contributed by atoms with Gasteiger partial charge in [0.25, 0.3) is 5.91 Å². The van der Waals surface area contributed by atoms with Crippen LogP contribution in [0.2, 0.25) is 0 Å². The molecule has 0 radical (unpaired) electrons. The van der Waals surface area contributed by atoms with Gasteiger partial charge in [-0.3, -0.25) is 9.59 Å². The lowest BCUT2D eigenvalue weighted by Crippen LogP contribution is -2.52. The molecule has 0 saturated heterocycles. The summed E-state index contributed by atoms with van der Waals surface area (Å²) in [6.45, 7) is 13.1. The molecule has 3 amide bonds. The number of hydrogen-bond donors (Lipinski definition) is 2. The topological polar surface area (TPSA) is 87.7 Å². The molecule has 41 heavy (non-hydrogen) atoms. The molecule has 0 aliphatic heterocycles. The second kappa shape index (κ2) is 14.6. The molecule has 216 valence electrons. The van der Waals surface area contributed by atoms with Crippen LogP contribution in [0, 0.1) is 0 Å². The van der Waals surface area contributed by atoms with Crippen LogP contribution in [0.25, 0.3) is 16.8 Å². The Labute approximate surface area is 247 Å². The first-order chi connectivity index (χ1) is 19.6. The van der Waals surface area contributed by atoms with E-state index < -0.39 is 35.6 Å². The zero-order valence-corrected chi connectivity index (χ0v) is 25.0. The molecule has 7 nitrogen and oxygen atoms in total. The Bertz CT molecular complexity index is 1400. The van der Waals surface area contributed by atoms with Gasteiger partial charge in [-0.1, -0.05) is 67.3 Å². The summed E-state index contributed by atoms with van der Waals surface area (Å²) in [6.07, 6.45) is 4.86. The van der Waals surface area contributed by atoms with Gasteiger partial charge in [0.1, 0.15) is 17.7 Å². The van der Waals surface area contributed by atoms with E-state index in [2.05, 4.69) is 23.8 Å². The highest BCUT2D eigenvalue weighted by Crippen LogP contribution is 2.27. The third kappa shape index (κ3) is 8.98. The number of amides is 3. The van der Waals surface area contributed by atoms with E-state index in [1.54, 1.807) is 50.8 Å². The zero-order valence-electron chi connectivity index (χ0n) is 24.2. The van der Waals surface area contributed by atoms with Gasteiger partial charge in [-0.2, -0.15) is 11.8 Å². The number of carbonyl (C=O) groups is 3. The van der Waals surface area contributed by atoms with E-state index in [0.29, 0.717) is 23.4 Å². The van der Waals surface area contributed by atoms with E-state index in [0.717, 1.165) is 16.3 Å². The van der Waals surface area contributed by atoms with Crippen LogP contribution < -0.4 is 10.6 Å². The minimum atomic E-state index is -1.01. The Morgan fingerprint density at radius 3 is 2.39 bits per heavy atom. The van der Waals surface area contributed by atoms with Gasteiger partial charge >= 0.3 is 6.09 Å². The van der Waals surface area contributed by atoms with E-state index in [1.807, 2.05) is 66.9 Å². The van der Waals surface area contributed by atoms with Crippen molar-refractivity contribution in [3.63, 3.8) is 0 Å². The van der Waals surface area contributed by atoms with Crippen molar-refractivity contribution in [3.8, 4) is 0 Å². The van der Waals surface area contributed by atoms with Crippen molar-refractivity contribution >= 4 is 52.2 Å². The van der Waals surface area contributed by atoms with Crippen LogP contribution in [0.3, 0.4) is 0 Å². The highest BCUT2D eigenvalue weighted by Gasteiger charge is 2.35. The number of carbonyl (C=O) groups excluding carboxylic acids is 3. The van der Waals surface area contributed by atoms with Crippen LogP contribution in [0.5, 0.6) is 0 Å². The molecular formula is C33H39N3O4S. The average molecular weight is 574 g/mol. The Kier molecular flexibility index (Phi) is 11.2. The highest BCUT2D eigenvalue weighted by molar-refractivity contribution is 7.98. The first kappa shape index (κ1) is 31.5. The van der Waals surface area contributed by atoms with E-state index in [4.69, 9.17) is 4.74 Å². The summed E-state index contributed by atoms with van der Waals surface area (Å²) in [5.41, 5.74) is 1.29. The lowest BCUT2D eigenvalue weighted by molar-refractivity contribution is -0.140. The largest absolute Gasteiger partial charge is 0.444 e. The summed E-state index contributed by atoms with van der Waals surface area (Å²) < 4.78 is 5.44. The molecule has 0 aliphatic rings. The van der Waals surface area contributed by atoms with Crippen LogP contribution in [-0.4, -0.2) is 53.0 Å². The number of alkyl carbamates (subject to hydrolysis) is 1. The first-order valence-corrected chi connectivity index (χ1v) is 14.9.